The molecule has 1 amide bonds. The number of aryl methyl sites for hydroxylation is 1. The molecule has 0 saturated carbocycles. The second kappa shape index (κ2) is 8.05. The van der Waals surface area contributed by atoms with E-state index in [1.807, 2.05) is 31.2 Å². The summed E-state index contributed by atoms with van der Waals surface area (Å²) in [6, 6.07) is 15.6. The molecule has 138 valence electrons. The van der Waals surface area contributed by atoms with E-state index in [0.717, 1.165) is 15.7 Å². The standard InChI is InChI=1S/C20H18ClN3O3/c1-14-2-4-15(5-3-14)12-23-11-10-19(26)24(20(23)27)13-18(25)22-17-8-6-16(21)7-9-17/h2-11H,12-13H2,1H3,(H,22,25). The Morgan fingerprint density at radius 1 is 1.00 bits per heavy atom. The van der Waals surface area contributed by atoms with Gasteiger partial charge in [-0.05, 0) is 36.8 Å². The summed E-state index contributed by atoms with van der Waals surface area (Å²) in [6.45, 7) is 1.93. The Morgan fingerprint density at radius 2 is 1.67 bits per heavy atom. The molecule has 3 rings (SSSR count). The van der Waals surface area contributed by atoms with E-state index in [2.05, 4.69) is 5.32 Å². The van der Waals surface area contributed by atoms with Gasteiger partial charge in [-0.2, -0.15) is 0 Å². The summed E-state index contributed by atoms with van der Waals surface area (Å²) >= 11 is 5.81. The van der Waals surface area contributed by atoms with Crippen molar-refractivity contribution in [2.75, 3.05) is 5.32 Å². The summed E-state index contributed by atoms with van der Waals surface area (Å²) in [6.07, 6.45) is 1.44. The van der Waals surface area contributed by atoms with E-state index in [0.29, 0.717) is 17.3 Å². The van der Waals surface area contributed by atoms with Crippen LogP contribution < -0.4 is 16.6 Å². The van der Waals surface area contributed by atoms with Crippen molar-refractivity contribution in [1.29, 1.82) is 0 Å². The van der Waals surface area contributed by atoms with E-state index in [-0.39, 0.29) is 6.54 Å². The largest absolute Gasteiger partial charge is 0.331 e. The minimum absolute atomic E-state index is 0.318. The Labute approximate surface area is 160 Å². The number of carbonyl (C=O) groups excluding carboxylic acids is 1. The minimum Gasteiger partial charge on any atom is -0.325 e. The third-order valence-corrected chi connectivity index (χ3v) is 4.29. The van der Waals surface area contributed by atoms with E-state index >= 15 is 0 Å². The molecule has 2 aromatic carbocycles. The topological polar surface area (TPSA) is 73.1 Å². The number of nitrogens with zero attached hydrogens (tertiary/aromatic N) is 2. The molecule has 0 aliphatic rings. The monoisotopic (exact) mass is 383 g/mol. The number of rotatable bonds is 5. The predicted molar refractivity (Wildman–Crippen MR) is 105 cm³/mol. The third-order valence-electron chi connectivity index (χ3n) is 4.04. The molecule has 0 radical (unpaired) electrons. The summed E-state index contributed by atoms with van der Waals surface area (Å²) in [5.74, 6) is -0.468. The summed E-state index contributed by atoms with van der Waals surface area (Å²) in [7, 11) is 0. The number of halogens is 1. The number of amides is 1. The molecule has 0 saturated heterocycles. The fourth-order valence-electron chi connectivity index (χ4n) is 2.59. The maximum absolute atomic E-state index is 12.6. The molecular weight excluding hydrogens is 366 g/mol. The molecule has 0 bridgehead atoms. The van der Waals surface area contributed by atoms with Crippen LogP contribution in [0.1, 0.15) is 11.1 Å². The zero-order valence-corrected chi connectivity index (χ0v) is 15.4. The molecule has 7 heteroatoms. The van der Waals surface area contributed by atoms with Crippen molar-refractivity contribution in [1.82, 2.24) is 9.13 Å². The molecule has 1 N–H and O–H groups in total. The second-order valence-corrected chi connectivity index (χ2v) is 6.63. The highest BCUT2D eigenvalue weighted by atomic mass is 35.5. The van der Waals surface area contributed by atoms with E-state index in [4.69, 9.17) is 11.6 Å². The molecule has 6 nitrogen and oxygen atoms in total. The van der Waals surface area contributed by atoms with Gasteiger partial charge in [0.05, 0.1) is 6.54 Å². The molecule has 0 spiro atoms. The molecule has 0 aliphatic carbocycles. The lowest BCUT2D eigenvalue weighted by Crippen LogP contribution is -2.41. The van der Waals surface area contributed by atoms with Crippen LogP contribution in [0.5, 0.6) is 0 Å². The van der Waals surface area contributed by atoms with Crippen LogP contribution in [0.3, 0.4) is 0 Å². The Hall–Kier alpha value is -3.12. The maximum Gasteiger partial charge on any atom is 0.331 e. The highest BCUT2D eigenvalue weighted by Gasteiger charge is 2.11. The maximum atomic E-state index is 12.6. The lowest BCUT2D eigenvalue weighted by atomic mass is 10.1. The van der Waals surface area contributed by atoms with Crippen LogP contribution in [0.4, 0.5) is 5.69 Å². The summed E-state index contributed by atoms with van der Waals surface area (Å²) in [4.78, 5) is 36.9. The highest BCUT2D eigenvalue weighted by Crippen LogP contribution is 2.13. The second-order valence-electron chi connectivity index (χ2n) is 6.19. The minimum atomic E-state index is -0.533. The average molecular weight is 384 g/mol. The number of benzene rings is 2. The van der Waals surface area contributed by atoms with Crippen LogP contribution in [0, 0.1) is 6.92 Å². The number of aromatic nitrogens is 2. The quantitative estimate of drug-likeness (QED) is 0.736. The molecule has 27 heavy (non-hydrogen) atoms. The smallest absolute Gasteiger partial charge is 0.325 e. The van der Waals surface area contributed by atoms with Gasteiger partial charge in [0.1, 0.15) is 6.54 Å². The van der Waals surface area contributed by atoms with E-state index in [1.54, 1.807) is 24.3 Å². The Bertz CT molecular complexity index is 1070. The normalized spacial score (nSPS) is 10.6. The number of carbonyl (C=O) groups is 1. The van der Waals surface area contributed by atoms with E-state index in [1.165, 1.54) is 16.8 Å². The Morgan fingerprint density at radius 3 is 2.33 bits per heavy atom. The molecular formula is C20H18ClN3O3. The number of hydrogen-bond donors (Lipinski definition) is 1. The van der Waals surface area contributed by atoms with E-state index < -0.39 is 17.2 Å². The van der Waals surface area contributed by atoms with Crippen LogP contribution in [-0.2, 0) is 17.9 Å². The van der Waals surface area contributed by atoms with Gasteiger partial charge in [0.2, 0.25) is 5.91 Å². The zero-order valence-electron chi connectivity index (χ0n) is 14.7. The van der Waals surface area contributed by atoms with Crippen LogP contribution in [-0.4, -0.2) is 15.0 Å². The van der Waals surface area contributed by atoms with Gasteiger partial charge in [0.15, 0.2) is 0 Å². The van der Waals surface area contributed by atoms with Gasteiger partial charge in [-0.3, -0.25) is 18.7 Å². The molecule has 0 atom stereocenters. The van der Waals surface area contributed by atoms with E-state index in [9.17, 15) is 14.4 Å². The van der Waals surface area contributed by atoms with Gasteiger partial charge in [-0.15, -0.1) is 0 Å². The lowest BCUT2D eigenvalue weighted by molar-refractivity contribution is -0.116. The first-order chi connectivity index (χ1) is 12.9. The van der Waals surface area contributed by atoms with Crippen molar-refractivity contribution in [2.45, 2.75) is 20.0 Å². The molecule has 1 heterocycles. The first-order valence-electron chi connectivity index (χ1n) is 8.33. The first kappa shape index (κ1) is 18.7. The van der Waals surface area contributed by atoms with Crippen LogP contribution in [0.25, 0.3) is 0 Å². The summed E-state index contributed by atoms with van der Waals surface area (Å²) < 4.78 is 2.32. The van der Waals surface area contributed by atoms with Gasteiger partial charge in [-0.1, -0.05) is 41.4 Å². The molecule has 3 aromatic rings. The number of nitrogens with one attached hydrogen (secondary N) is 1. The lowest BCUT2D eigenvalue weighted by Gasteiger charge is -2.11. The fourth-order valence-corrected chi connectivity index (χ4v) is 2.72. The Balaban J connectivity index is 1.79. The van der Waals surface area contributed by atoms with Gasteiger partial charge in [-0.25, -0.2) is 4.79 Å². The number of hydrogen-bond acceptors (Lipinski definition) is 3. The zero-order chi connectivity index (χ0) is 19.4. The SMILES string of the molecule is Cc1ccc(Cn2ccc(=O)n(CC(=O)Nc3ccc(Cl)cc3)c2=O)cc1. The Kier molecular flexibility index (Phi) is 5.57. The molecule has 0 unspecified atom stereocenters. The average Bonchev–Trinajstić information content (AvgIpc) is 2.65. The van der Waals surface area contributed by atoms with Crippen LogP contribution in [0.15, 0.2) is 70.4 Å². The van der Waals surface area contributed by atoms with Crippen LogP contribution in [0.2, 0.25) is 5.02 Å². The summed E-state index contributed by atoms with van der Waals surface area (Å²) in [5, 5.41) is 3.19. The van der Waals surface area contributed by atoms with Crippen molar-refractivity contribution < 1.29 is 4.79 Å². The van der Waals surface area contributed by atoms with Crippen molar-refractivity contribution in [3.05, 3.63) is 97.8 Å². The van der Waals surface area contributed by atoms with Crippen molar-refractivity contribution in [3.63, 3.8) is 0 Å². The fraction of sp³-hybridized carbons (Fsp3) is 0.150. The molecule has 0 fully saturated rings. The molecule has 1 aromatic heterocycles. The van der Waals surface area contributed by atoms with Gasteiger partial charge >= 0.3 is 5.69 Å². The molecule has 0 aliphatic heterocycles. The van der Waals surface area contributed by atoms with Crippen LogP contribution >= 0.6 is 11.6 Å². The third kappa shape index (κ3) is 4.74. The summed E-state index contributed by atoms with van der Waals surface area (Å²) in [5.41, 5.74) is 1.53. The van der Waals surface area contributed by atoms with Crippen molar-refractivity contribution >= 4 is 23.2 Å². The van der Waals surface area contributed by atoms with Crippen molar-refractivity contribution in [2.24, 2.45) is 0 Å². The first-order valence-corrected chi connectivity index (χ1v) is 8.71. The van der Waals surface area contributed by atoms with Crippen molar-refractivity contribution in [3.8, 4) is 0 Å². The predicted octanol–water partition coefficient (Wildman–Crippen LogP) is 2.66. The van der Waals surface area contributed by atoms with Gasteiger partial charge < -0.3 is 5.32 Å². The van der Waals surface area contributed by atoms with Gasteiger partial charge in [0.25, 0.3) is 5.56 Å². The van der Waals surface area contributed by atoms with Gasteiger partial charge in [0, 0.05) is 23.0 Å². The highest BCUT2D eigenvalue weighted by molar-refractivity contribution is 6.30. The number of anilines is 1.